The van der Waals surface area contributed by atoms with Gasteiger partial charge in [0.1, 0.15) is 17.2 Å². The Bertz CT molecular complexity index is 783. The van der Waals surface area contributed by atoms with E-state index in [0.29, 0.717) is 12.2 Å². The summed E-state index contributed by atoms with van der Waals surface area (Å²) < 4.78 is 27.7. The van der Waals surface area contributed by atoms with E-state index in [4.69, 9.17) is 0 Å². The van der Waals surface area contributed by atoms with Gasteiger partial charge in [0.25, 0.3) is 0 Å². The Morgan fingerprint density at radius 3 is 2.43 bits per heavy atom. The van der Waals surface area contributed by atoms with E-state index in [1.165, 1.54) is 11.8 Å². The zero-order valence-corrected chi connectivity index (χ0v) is 11.5. The first kappa shape index (κ1) is 13.5. The second-order valence-corrected chi connectivity index (χ2v) is 4.95. The van der Waals surface area contributed by atoms with Gasteiger partial charge in [0.05, 0.1) is 5.39 Å². The predicted octanol–water partition coefficient (Wildman–Crippen LogP) is 4.43. The molecule has 1 N–H and O–H groups in total. The number of nitrogens with one attached hydrogen (secondary N) is 1. The van der Waals surface area contributed by atoms with Crippen molar-refractivity contribution in [1.82, 2.24) is 4.98 Å². The summed E-state index contributed by atoms with van der Waals surface area (Å²) in [5.74, 6) is -1.00. The Balaban J connectivity index is 1.94. The Hall–Kier alpha value is -2.49. The van der Waals surface area contributed by atoms with Gasteiger partial charge in [0.2, 0.25) is 0 Å². The molecule has 106 valence electrons. The summed E-state index contributed by atoms with van der Waals surface area (Å²) in [5, 5.41) is 3.33. The third-order valence-corrected chi connectivity index (χ3v) is 3.40. The van der Waals surface area contributed by atoms with Gasteiger partial charge in [-0.25, -0.2) is 8.78 Å². The number of hydrogen-bond donors (Lipinski definition) is 1. The van der Waals surface area contributed by atoms with Gasteiger partial charge < -0.3 is 5.32 Å². The van der Waals surface area contributed by atoms with Crippen molar-refractivity contribution in [2.24, 2.45) is 0 Å². The second-order valence-electron chi connectivity index (χ2n) is 4.95. The number of anilines is 1. The van der Waals surface area contributed by atoms with Gasteiger partial charge in [-0.3, -0.25) is 4.98 Å². The molecule has 4 heteroatoms. The average molecular weight is 284 g/mol. The lowest BCUT2D eigenvalue weighted by Crippen LogP contribution is -2.02. The van der Waals surface area contributed by atoms with E-state index in [1.54, 1.807) is 6.07 Å². The van der Waals surface area contributed by atoms with E-state index in [0.717, 1.165) is 17.7 Å². The fourth-order valence-electron chi connectivity index (χ4n) is 2.24. The van der Waals surface area contributed by atoms with Gasteiger partial charge in [-0.05, 0) is 30.7 Å². The number of hydrogen-bond acceptors (Lipinski definition) is 2. The molecule has 1 aromatic heterocycles. The summed E-state index contributed by atoms with van der Waals surface area (Å²) in [7, 11) is 0. The van der Waals surface area contributed by atoms with Crippen molar-refractivity contribution in [3.8, 4) is 0 Å². The molecule has 3 aromatic rings. The molecule has 0 bridgehead atoms. The fourth-order valence-corrected chi connectivity index (χ4v) is 2.24. The van der Waals surface area contributed by atoms with Crippen LogP contribution in [0.15, 0.2) is 48.7 Å². The van der Waals surface area contributed by atoms with Crippen LogP contribution in [0.1, 0.15) is 11.1 Å². The molecular weight excluding hydrogens is 270 g/mol. The van der Waals surface area contributed by atoms with Crippen molar-refractivity contribution in [3.63, 3.8) is 0 Å². The van der Waals surface area contributed by atoms with Crippen molar-refractivity contribution >= 4 is 16.6 Å². The molecular formula is C17H14F2N2. The first-order valence-electron chi connectivity index (χ1n) is 6.67. The maximum Gasteiger partial charge on any atom is 0.149 e. The van der Waals surface area contributed by atoms with Crippen LogP contribution in [0.4, 0.5) is 14.5 Å². The Kier molecular flexibility index (Phi) is 3.52. The van der Waals surface area contributed by atoms with Gasteiger partial charge in [-0.2, -0.15) is 0 Å². The highest BCUT2D eigenvalue weighted by molar-refractivity contribution is 5.91. The van der Waals surface area contributed by atoms with Crippen LogP contribution in [0.3, 0.4) is 0 Å². The molecule has 2 aromatic carbocycles. The van der Waals surface area contributed by atoms with Crippen molar-refractivity contribution in [1.29, 1.82) is 0 Å². The van der Waals surface area contributed by atoms with Crippen molar-refractivity contribution < 1.29 is 8.78 Å². The molecule has 21 heavy (non-hydrogen) atoms. The molecule has 1 heterocycles. The molecule has 0 atom stereocenters. The van der Waals surface area contributed by atoms with Gasteiger partial charge in [0, 0.05) is 18.4 Å². The van der Waals surface area contributed by atoms with Gasteiger partial charge in [0.15, 0.2) is 0 Å². The van der Waals surface area contributed by atoms with Crippen molar-refractivity contribution in [3.05, 3.63) is 71.4 Å². The summed E-state index contributed by atoms with van der Waals surface area (Å²) in [4.78, 5) is 3.91. The summed E-state index contributed by atoms with van der Waals surface area (Å²) in [6.07, 6.45) is 1.47. The fraction of sp³-hybridized carbons (Fsp3) is 0.118. The molecule has 0 saturated heterocycles. The largest absolute Gasteiger partial charge is 0.380 e. The molecule has 0 aliphatic carbocycles. The third-order valence-electron chi connectivity index (χ3n) is 3.40. The molecule has 2 nitrogen and oxygen atoms in total. The maximum atomic E-state index is 14.0. The number of aryl methyl sites for hydroxylation is 1. The number of halogens is 2. The van der Waals surface area contributed by atoms with Crippen LogP contribution in [0.25, 0.3) is 10.9 Å². The molecule has 0 spiro atoms. The van der Waals surface area contributed by atoms with Gasteiger partial charge >= 0.3 is 0 Å². The first-order chi connectivity index (χ1) is 10.1. The first-order valence-corrected chi connectivity index (χ1v) is 6.67. The number of aromatic nitrogens is 1. The molecule has 3 rings (SSSR count). The number of rotatable bonds is 3. The Morgan fingerprint density at radius 1 is 0.952 bits per heavy atom. The smallest absolute Gasteiger partial charge is 0.149 e. The Morgan fingerprint density at radius 2 is 1.67 bits per heavy atom. The maximum absolute atomic E-state index is 14.0. The van der Waals surface area contributed by atoms with Crippen LogP contribution >= 0.6 is 0 Å². The van der Waals surface area contributed by atoms with E-state index >= 15 is 0 Å². The van der Waals surface area contributed by atoms with E-state index in [-0.39, 0.29) is 10.9 Å². The molecule has 0 unspecified atom stereocenters. The number of nitrogens with zero attached hydrogens (tertiary/aromatic N) is 1. The van der Waals surface area contributed by atoms with Crippen LogP contribution in [-0.4, -0.2) is 4.98 Å². The molecule has 0 aliphatic rings. The zero-order chi connectivity index (χ0) is 14.8. The van der Waals surface area contributed by atoms with Crippen LogP contribution in [-0.2, 0) is 6.54 Å². The predicted molar refractivity (Wildman–Crippen MR) is 80.2 cm³/mol. The van der Waals surface area contributed by atoms with Crippen LogP contribution < -0.4 is 5.32 Å². The van der Waals surface area contributed by atoms with E-state index < -0.39 is 11.6 Å². The highest BCUT2D eigenvalue weighted by atomic mass is 19.1. The van der Waals surface area contributed by atoms with Gasteiger partial charge in [-0.15, -0.1) is 0 Å². The SMILES string of the molecule is Cc1ccc(CNc2ccnc3c(F)ccc(F)c23)cc1. The minimum absolute atomic E-state index is 0.0453. The monoisotopic (exact) mass is 284 g/mol. The lowest BCUT2D eigenvalue weighted by molar-refractivity contribution is 0.615. The summed E-state index contributed by atoms with van der Waals surface area (Å²) >= 11 is 0. The lowest BCUT2D eigenvalue weighted by Gasteiger charge is -2.10. The van der Waals surface area contributed by atoms with E-state index in [2.05, 4.69) is 10.3 Å². The molecule has 0 saturated carbocycles. The van der Waals surface area contributed by atoms with Crippen LogP contribution in [0, 0.1) is 18.6 Å². The molecule has 0 fully saturated rings. The lowest BCUT2D eigenvalue weighted by atomic mass is 10.1. The van der Waals surface area contributed by atoms with E-state index in [1.807, 2.05) is 31.2 Å². The third kappa shape index (κ3) is 2.70. The highest BCUT2D eigenvalue weighted by Gasteiger charge is 2.11. The Labute approximate surface area is 121 Å². The minimum atomic E-state index is -0.523. The summed E-state index contributed by atoms with van der Waals surface area (Å²) in [6, 6.07) is 11.9. The average Bonchev–Trinajstić information content (AvgIpc) is 2.50. The summed E-state index contributed by atoms with van der Waals surface area (Å²) in [5.41, 5.74) is 2.84. The zero-order valence-electron chi connectivity index (χ0n) is 11.5. The summed E-state index contributed by atoms with van der Waals surface area (Å²) in [6.45, 7) is 2.56. The number of fused-ring (bicyclic) bond motifs is 1. The highest BCUT2D eigenvalue weighted by Crippen LogP contribution is 2.26. The second kappa shape index (κ2) is 5.48. The van der Waals surface area contributed by atoms with Crippen LogP contribution in [0.2, 0.25) is 0 Å². The normalized spacial score (nSPS) is 10.8. The molecule has 0 amide bonds. The number of pyridine rings is 1. The van der Waals surface area contributed by atoms with Crippen LogP contribution in [0.5, 0.6) is 0 Å². The standard InChI is InChI=1S/C17H14F2N2/c1-11-2-4-12(5-3-11)10-21-15-8-9-20-17-14(19)7-6-13(18)16(15)17/h2-9H,10H2,1H3,(H,20,21). The van der Waals surface area contributed by atoms with Gasteiger partial charge in [-0.1, -0.05) is 29.8 Å². The minimum Gasteiger partial charge on any atom is -0.380 e. The topological polar surface area (TPSA) is 24.9 Å². The van der Waals surface area contributed by atoms with Crippen molar-refractivity contribution in [2.45, 2.75) is 13.5 Å². The quantitative estimate of drug-likeness (QED) is 0.769. The number of benzene rings is 2. The molecule has 0 aliphatic heterocycles. The van der Waals surface area contributed by atoms with E-state index in [9.17, 15) is 8.78 Å². The van der Waals surface area contributed by atoms with Crippen molar-refractivity contribution in [2.75, 3.05) is 5.32 Å². The molecule has 0 radical (unpaired) electrons.